The van der Waals surface area contributed by atoms with E-state index in [0.717, 1.165) is 22.9 Å². The third kappa shape index (κ3) is 2.60. The van der Waals surface area contributed by atoms with Crippen molar-refractivity contribution in [1.82, 2.24) is 20.2 Å². The third-order valence-corrected chi connectivity index (χ3v) is 2.65. The lowest BCUT2D eigenvalue weighted by molar-refractivity contribution is 1.05. The molecule has 0 atom stereocenters. The van der Waals surface area contributed by atoms with Crippen LogP contribution in [0.15, 0.2) is 48.7 Å². The number of hydrogen-bond acceptors (Lipinski definition) is 4. The predicted octanol–water partition coefficient (Wildman–Crippen LogP) is 2.92. The van der Waals surface area contributed by atoms with Crippen LogP contribution in [0.3, 0.4) is 0 Å². The molecule has 94 valence electrons. The number of anilines is 2. The molecule has 0 aliphatic rings. The SMILES string of the molecule is Cc1cc(Nc2ccnc(-c3ccccc3)n2)n[nH]1. The first-order valence-corrected chi connectivity index (χ1v) is 5.99. The van der Waals surface area contributed by atoms with E-state index in [1.54, 1.807) is 6.20 Å². The van der Waals surface area contributed by atoms with Gasteiger partial charge in [-0.15, -0.1) is 0 Å². The molecular formula is C14H13N5. The van der Waals surface area contributed by atoms with Crippen LogP contribution in [0.5, 0.6) is 0 Å². The zero-order chi connectivity index (χ0) is 13.1. The van der Waals surface area contributed by atoms with Crippen molar-refractivity contribution in [2.75, 3.05) is 5.32 Å². The van der Waals surface area contributed by atoms with E-state index in [1.165, 1.54) is 0 Å². The summed E-state index contributed by atoms with van der Waals surface area (Å²) in [5, 5.41) is 10.1. The predicted molar refractivity (Wildman–Crippen MR) is 74.1 cm³/mol. The lowest BCUT2D eigenvalue weighted by atomic mass is 10.2. The van der Waals surface area contributed by atoms with Crippen LogP contribution in [0.2, 0.25) is 0 Å². The zero-order valence-electron chi connectivity index (χ0n) is 10.5. The summed E-state index contributed by atoms with van der Waals surface area (Å²) in [4.78, 5) is 8.75. The lowest BCUT2D eigenvalue weighted by Crippen LogP contribution is -1.96. The number of hydrogen-bond donors (Lipinski definition) is 2. The maximum Gasteiger partial charge on any atom is 0.161 e. The maximum atomic E-state index is 4.47. The van der Waals surface area contributed by atoms with Crippen LogP contribution in [-0.4, -0.2) is 20.2 Å². The molecule has 2 heterocycles. The molecule has 0 radical (unpaired) electrons. The Hall–Kier alpha value is -2.69. The second kappa shape index (κ2) is 4.89. The van der Waals surface area contributed by atoms with Gasteiger partial charge in [-0.2, -0.15) is 5.10 Å². The van der Waals surface area contributed by atoms with E-state index in [4.69, 9.17) is 0 Å². The van der Waals surface area contributed by atoms with Crippen molar-refractivity contribution in [3.05, 3.63) is 54.4 Å². The quantitative estimate of drug-likeness (QED) is 0.751. The van der Waals surface area contributed by atoms with Gasteiger partial charge in [-0.3, -0.25) is 5.10 Å². The molecule has 0 aliphatic heterocycles. The van der Waals surface area contributed by atoms with E-state index >= 15 is 0 Å². The number of nitrogens with one attached hydrogen (secondary N) is 2. The van der Waals surface area contributed by atoms with Crippen LogP contribution < -0.4 is 5.32 Å². The molecule has 2 aromatic heterocycles. The van der Waals surface area contributed by atoms with E-state index in [0.29, 0.717) is 5.82 Å². The first-order chi connectivity index (χ1) is 9.31. The largest absolute Gasteiger partial charge is 0.323 e. The fourth-order valence-electron chi connectivity index (χ4n) is 1.77. The van der Waals surface area contributed by atoms with Crippen molar-refractivity contribution in [2.24, 2.45) is 0 Å². The first kappa shape index (κ1) is 11.4. The minimum absolute atomic E-state index is 0.692. The number of rotatable bonds is 3. The van der Waals surface area contributed by atoms with Gasteiger partial charge in [-0.25, -0.2) is 9.97 Å². The molecule has 3 rings (SSSR count). The highest BCUT2D eigenvalue weighted by Crippen LogP contribution is 2.17. The smallest absolute Gasteiger partial charge is 0.161 e. The van der Waals surface area contributed by atoms with Gasteiger partial charge in [0.15, 0.2) is 11.6 Å². The van der Waals surface area contributed by atoms with Crippen molar-refractivity contribution in [1.29, 1.82) is 0 Å². The molecule has 0 bridgehead atoms. The molecule has 5 heteroatoms. The van der Waals surface area contributed by atoms with E-state index < -0.39 is 0 Å². The summed E-state index contributed by atoms with van der Waals surface area (Å²) >= 11 is 0. The second-order valence-corrected chi connectivity index (χ2v) is 4.19. The van der Waals surface area contributed by atoms with Gasteiger partial charge in [-0.1, -0.05) is 30.3 Å². The molecule has 0 saturated carbocycles. The Labute approximate surface area is 110 Å². The maximum absolute atomic E-state index is 4.47. The molecule has 19 heavy (non-hydrogen) atoms. The average Bonchev–Trinajstić information content (AvgIpc) is 2.85. The van der Waals surface area contributed by atoms with E-state index in [-0.39, 0.29) is 0 Å². The van der Waals surface area contributed by atoms with Crippen molar-refractivity contribution in [3.63, 3.8) is 0 Å². The number of aromatic nitrogens is 4. The molecular weight excluding hydrogens is 238 g/mol. The molecule has 0 amide bonds. The Balaban J connectivity index is 1.88. The number of H-pyrrole nitrogens is 1. The van der Waals surface area contributed by atoms with Crippen LogP contribution in [-0.2, 0) is 0 Å². The minimum Gasteiger partial charge on any atom is -0.323 e. The molecule has 0 fully saturated rings. The molecule has 0 spiro atoms. The van der Waals surface area contributed by atoms with Gasteiger partial charge in [0.25, 0.3) is 0 Å². The van der Waals surface area contributed by atoms with Crippen LogP contribution >= 0.6 is 0 Å². The van der Waals surface area contributed by atoms with Crippen molar-refractivity contribution >= 4 is 11.6 Å². The Morgan fingerprint density at radius 2 is 1.89 bits per heavy atom. The summed E-state index contributed by atoms with van der Waals surface area (Å²) in [7, 11) is 0. The number of aryl methyl sites for hydroxylation is 1. The number of nitrogens with zero attached hydrogens (tertiary/aromatic N) is 3. The summed E-state index contributed by atoms with van der Waals surface area (Å²) in [5.74, 6) is 2.16. The highest BCUT2D eigenvalue weighted by molar-refractivity contribution is 5.59. The van der Waals surface area contributed by atoms with Gasteiger partial charge in [0.2, 0.25) is 0 Å². The fraction of sp³-hybridized carbons (Fsp3) is 0.0714. The summed E-state index contributed by atoms with van der Waals surface area (Å²) < 4.78 is 0. The van der Waals surface area contributed by atoms with Crippen LogP contribution in [0.4, 0.5) is 11.6 Å². The third-order valence-electron chi connectivity index (χ3n) is 2.65. The van der Waals surface area contributed by atoms with Crippen LogP contribution in [0, 0.1) is 6.92 Å². The first-order valence-electron chi connectivity index (χ1n) is 5.99. The summed E-state index contributed by atoms with van der Waals surface area (Å²) in [6, 6.07) is 13.6. The Morgan fingerprint density at radius 3 is 2.63 bits per heavy atom. The standard InChI is InChI=1S/C14H13N5/c1-10-9-13(19-18-10)16-12-7-8-15-14(17-12)11-5-3-2-4-6-11/h2-9H,1H3,(H2,15,16,17,18,19). The van der Waals surface area contributed by atoms with Crippen molar-refractivity contribution < 1.29 is 0 Å². The van der Waals surface area contributed by atoms with E-state index in [1.807, 2.05) is 49.4 Å². The normalized spacial score (nSPS) is 10.4. The number of benzene rings is 1. The topological polar surface area (TPSA) is 66.5 Å². The molecule has 3 aromatic rings. The van der Waals surface area contributed by atoms with Crippen LogP contribution in [0.1, 0.15) is 5.69 Å². The zero-order valence-corrected chi connectivity index (χ0v) is 10.5. The monoisotopic (exact) mass is 251 g/mol. The Morgan fingerprint density at radius 1 is 1.05 bits per heavy atom. The van der Waals surface area contributed by atoms with Gasteiger partial charge in [0.05, 0.1) is 0 Å². The summed E-state index contributed by atoms with van der Waals surface area (Å²) in [5.41, 5.74) is 1.99. The Kier molecular flexibility index (Phi) is 2.94. The van der Waals surface area contributed by atoms with Gasteiger partial charge < -0.3 is 5.32 Å². The van der Waals surface area contributed by atoms with Gasteiger partial charge in [0, 0.05) is 23.5 Å². The molecule has 2 N–H and O–H groups in total. The molecule has 0 aliphatic carbocycles. The second-order valence-electron chi connectivity index (χ2n) is 4.19. The van der Waals surface area contributed by atoms with Gasteiger partial charge in [-0.05, 0) is 13.0 Å². The van der Waals surface area contributed by atoms with E-state index in [2.05, 4.69) is 25.5 Å². The number of aromatic amines is 1. The van der Waals surface area contributed by atoms with Gasteiger partial charge in [0.1, 0.15) is 5.82 Å². The summed E-state index contributed by atoms with van der Waals surface area (Å²) in [6.07, 6.45) is 1.73. The molecule has 0 saturated heterocycles. The molecule has 1 aromatic carbocycles. The summed E-state index contributed by atoms with van der Waals surface area (Å²) in [6.45, 7) is 1.95. The van der Waals surface area contributed by atoms with Gasteiger partial charge >= 0.3 is 0 Å². The molecule has 5 nitrogen and oxygen atoms in total. The minimum atomic E-state index is 0.692. The average molecular weight is 251 g/mol. The van der Waals surface area contributed by atoms with E-state index in [9.17, 15) is 0 Å². The molecule has 0 unspecified atom stereocenters. The Bertz CT molecular complexity index is 675. The van der Waals surface area contributed by atoms with Crippen molar-refractivity contribution in [2.45, 2.75) is 6.92 Å². The fourth-order valence-corrected chi connectivity index (χ4v) is 1.77. The highest BCUT2D eigenvalue weighted by atomic mass is 15.2. The highest BCUT2D eigenvalue weighted by Gasteiger charge is 2.03. The van der Waals surface area contributed by atoms with Crippen LogP contribution in [0.25, 0.3) is 11.4 Å². The van der Waals surface area contributed by atoms with Crippen molar-refractivity contribution in [3.8, 4) is 11.4 Å². The lowest BCUT2D eigenvalue weighted by Gasteiger charge is -2.04.